The van der Waals surface area contributed by atoms with Gasteiger partial charge in [0.25, 0.3) is 5.69 Å². The molecule has 6 nitrogen and oxygen atoms in total. The molecule has 3 N–H and O–H groups in total. The van der Waals surface area contributed by atoms with E-state index in [1.54, 1.807) is 18.2 Å². The summed E-state index contributed by atoms with van der Waals surface area (Å²) >= 11 is 3.45. The number of benzene rings is 2. The highest BCUT2D eigenvalue weighted by Crippen LogP contribution is 2.20. The number of aromatic hydroxyl groups is 1. The van der Waals surface area contributed by atoms with Crippen LogP contribution in [0.2, 0.25) is 0 Å². The average Bonchev–Trinajstić information content (AvgIpc) is 2.60. The molecule has 1 saturated heterocycles. The van der Waals surface area contributed by atoms with Crippen LogP contribution in [-0.4, -0.2) is 36.2 Å². The highest BCUT2D eigenvalue weighted by Gasteiger charge is 2.24. The molecule has 3 rings (SSSR count). The highest BCUT2D eigenvalue weighted by molar-refractivity contribution is 9.10. The summed E-state index contributed by atoms with van der Waals surface area (Å²) in [4.78, 5) is 13.4. The number of piperazine rings is 1. The molecular formula is C18H22BrN3O3+2. The summed E-state index contributed by atoms with van der Waals surface area (Å²) in [6.45, 7) is 5.72. The number of quaternary nitrogens is 2. The molecule has 25 heavy (non-hydrogen) atoms. The van der Waals surface area contributed by atoms with Crippen molar-refractivity contribution in [3.8, 4) is 5.75 Å². The van der Waals surface area contributed by atoms with E-state index in [4.69, 9.17) is 0 Å². The van der Waals surface area contributed by atoms with Crippen LogP contribution in [0.1, 0.15) is 11.1 Å². The molecule has 0 spiro atoms. The number of hydrogen-bond acceptors (Lipinski definition) is 3. The zero-order chi connectivity index (χ0) is 17.8. The first-order valence-corrected chi connectivity index (χ1v) is 9.18. The van der Waals surface area contributed by atoms with E-state index in [0.717, 1.165) is 54.9 Å². The molecular weight excluding hydrogens is 386 g/mol. The van der Waals surface area contributed by atoms with Gasteiger partial charge in [0, 0.05) is 27.7 Å². The number of nitrogens with zero attached hydrogens (tertiary/aromatic N) is 1. The average molecular weight is 408 g/mol. The van der Waals surface area contributed by atoms with E-state index in [2.05, 4.69) is 15.9 Å². The number of nitrogens with one attached hydrogen (secondary N) is 2. The third kappa shape index (κ3) is 4.78. The van der Waals surface area contributed by atoms with Crippen molar-refractivity contribution in [2.45, 2.75) is 13.1 Å². The summed E-state index contributed by atoms with van der Waals surface area (Å²) in [5, 5.41) is 20.9. The Balaban J connectivity index is 1.54. The smallest absolute Gasteiger partial charge is 0.269 e. The predicted octanol–water partition coefficient (Wildman–Crippen LogP) is 0.547. The quantitative estimate of drug-likeness (QED) is 0.500. The Morgan fingerprint density at radius 1 is 1.04 bits per heavy atom. The van der Waals surface area contributed by atoms with Crippen molar-refractivity contribution in [3.05, 3.63) is 68.2 Å². The monoisotopic (exact) mass is 407 g/mol. The normalized spacial score (nSPS) is 20.4. The van der Waals surface area contributed by atoms with Crippen molar-refractivity contribution in [1.29, 1.82) is 0 Å². The summed E-state index contributed by atoms with van der Waals surface area (Å²) < 4.78 is 0.981. The second-order valence-electron chi connectivity index (χ2n) is 6.55. The van der Waals surface area contributed by atoms with E-state index in [0.29, 0.717) is 5.75 Å². The largest absolute Gasteiger partial charge is 0.507 e. The molecule has 1 fully saturated rings. The maximum Gasteiger partial charge on any atom is 0.269 e. The lowest BCUT2D eigenvalue weighted by molar-refractivity contribution is -1.02. The lowest BCUT2D eigenvalue weighted by atomic mass is 10.1. The molecule has 1 aliphatic heterocycles. The molecule has 7 heteroatoms. The second kappa shape index (κ2) is 7.95. The summed E-state index contributed by atoms with van der Waals surface area (Å²) in [5.41, 5.74) is 2.13. The van der Waals surface area contributed by atoms with Gasteiger partial charge in [0.05, 0.1) is 4.92 Å². The number of nitro groups is 1. The minimum Gasteiger partial charge on any atom is -0.507 e. The number of nitro benzene ring substituents is 1. The Bertz CT molecular complexity index is 761. The van der Waals surface area contributed by atoms with Crippen LogP contribution >= 0.6 is 15.9 Å². The SMILES string of the molecule is O=[N+]([O-])c1cccc(C[NH+]2CC[NH+](Cc3cc(Br)ccc3O)CC2)c1. The molecule has 0 amide bonds. The molecule has 0 radical (unpaired) electrons. The second-order valence-corrected chi connectivity index (χ2v) is 7.47. The lowest BCUT2D eigenvalue weighted by Crippen LogP contribution is -3.27. The van der Waals surface area contributed by atoms with E-state index in [1.807, 2.05) is 18.2 Å². The van der Waals surface area contributed by atoms with Gasteiger partial charge in [-0.05, 0) is 18.2 Å². The van der Waals surface area contributed by atoms with Crippen molar-refractivity contribution in [1.82, 2.24) is 0 Å². The van der Waals surface area contributed by atoms with Crippen LogP contribution in [0.25, 0.3) is 0 Å². The van der Waals surface area contributed by atoms with Gasteiger partial charge in [-0.25, -0.2) is 0 Å². The van der Waals surface area contributed by atoms with Crippen molar-refractivity contribution >= 4 is 21.6 Å². The fraction of sp³-hybridized carbons (Fsp3) is 0.333. The van der Waals surface area contributed by atoms with Gasteiger partial charge >= 0.3 is 0 Å². The van der Waals surface area contributed by atoms with E-state index in [1.165, 1.54) is 15.9 Å². The minimum absolute atomic E-state index is 0.159. The van der Waals surface area contributed by atoms with Gasteiger partial charge in [0.15, 0.2) is 0 Å². The maximum atomic E-state index is 10.9. The zero-order valence-electron chi connectivity index (χ0n) is 13.9. The van der Waals surface area contributed by atoms with Crippen LogP contribution in [0.5, 0.6) is 5.75 Å². The predicted molar refractivity (Wildman–Crippen MR) is 97.7 cm³/mol. The molecule has 132 valence electrons. The van der Waals surface area contributed by atoms with Crippen LogP contribution in [0.4, 0.5) is 5.69 Å². The van der Waals surface area contributed by atoms with Crippen LogP contribution < -0.4 is 9.80 Å². The standard InChI is InChI=1S/C18H20BrN3O3/c19-16-4-5-18(23)15(11-16)13-21-8-6-20(7-9-21)12-14-2-1-3-17(10-14)22(24)25/h1-5,10-11,23H,6-9,12-13H2/p+2. The summed E-state index contributed by atoms with van der Waals surface area (Å²) in [6, 6.07) is 12.5. The Morgan fingerprint density at radius 2 is 1.72 bits per heavy atom. The van der Waals surface area contributed by atoms with E-state index >= 15 is 0 Å². The van der Waals surface area contributed by atoms with Crippen molar-refractivity contribution in [2.75, 3.05) is 26.2 Å². The number of hydrogen-bond donors (Lipinski definition) is 3. The van der Waals surface area contributed by atoms with Gasteiger partial charge in [-0.3, -0.25) is 10.1 Å². The van der Waals surface area contributed by atoms with Gasteiger partial charge in [-0.15, -0.1) is 0 Å². The Kier molecular flexibility index (Phi) is 5.67. The minimum atomic E-state index is -0.342. The summed E-state index contributed by atoms with van der Waals surface area (Å²) in [6.07, 6.45) is 0. The molecule has 0 saturated carbocycles. The van der Waals surface area contributed by atoms with Gasteiger partial charge in [-0.2, -0.15) is 0 Å². The van der Waals surface area contributed by atoms with Crippen molar-refractivity contribution in [2.24, 2.45) is 0 Å². The molecule has 2 aromatic carbocycles. The van der Waals surface area contributed by atoms with Crippen LogP contribution in [0.15, 0.2) is 46.9 Å². The Hall–Kier alpha value is -1.96. The Morgan fingerprint density at radius 3 is 2.40 bits per heavy atom. The van der Waals surface area contributed by atoms with Crippen LogP contribution in [0.3, 0.4) is 0 Å². The topological polar surface area (TPSA) is 72.2 Å². The first-order chi connectivity index (χ1) is 12.0. The number of phenolic OH excluding ortho intramolecular Hbond substituents is 1. The molecule has 1 aliphatic rings. The van der Waals surface area contributed by atoms with Crippen molar-refractivity contribution < 1.29 is 19.8 Å². The molecule has 0 bridgehead atoms. The van der Waals surface area contributed by atoms with E-state index in [9.17, 15) is 15.2 Å². The molecule has 0 unspecified atom stereocenters. The molecule has 1 heterocycles. The molecule has 0 atom stereocenters. The molecule has 2 aromatic rings. The van der Waals surface area contributed by atoms with Gasteiger partial charge in [0.2, 0.25) is 0 Å². The first kappa shape index (κ1) is 17.8. The lowest BCUT2D eigenvalue weighted by Gasteiger charge is -2.30. The van der Waals surface area contributed by atoms with Gasteiger partial charge in [0.1, 0.15) is 45.0 Å². The fourth-order valence-corrected chi connectivity index (χ4v) is 3.75. The zero-order valence-corrected chi connectivity index (χ0v) is 15.5. The highest BCUT2D eigenvalue weighted by atomic mass is 79.9. The third-order valence-electron chi connectivity index (χ3n) is 4.72. The summed E-state index contributed by atoms with van der Waals surface area (Å²) in [5.74, 6) is 0.349. The maximum absolute atomic E-state index is 10.9. The van der Waals surface area contributed by atoms with Crippen molar-refractivity contribution in [3.63, 3.8) is 0 Å². The van der Waals surface area contributed by atoms with Crippen LogP contribution in [-0.2, 0) is 13.1 Å². The van der Waals surface area contributed by atoms with E-state index < -0.39 is 0 Å². The van der Waals surface area contributed by atoms with Crippen LogP contribution in [0, 0.1) is 10.1 Å². The number of phenols is 1. The van der Waals surface area contributed by atoms with E-state index in [-0.39, 0.29) is 10.6 Å². The number of halogens is 1. The summed E-state index contributed by atoms with van der Waals surface area (Å²) in [7, 11) is 0. The first-order valence-electron chi connectivity index (χ1n) is 8.39. The fourth-order valence-electron chi connectivity index (χ4n) is 3.34. The number of rotatable bonds is 5. The third-order valence-corrected chi connectivity index (χ3v) is 5.21. The number of non-ortho nitro benzene ring substituents is 1. The Labute approximate surface area is 155 Å². The van der Waals surface area contributed by atoms with Gasteiger partial charge in [-0.1, -0.05) is 28.1 Å². The molecule has 0 aliphatic carbocycles. The van der Waals surface area contributed by atoms with Gasteiger partial charge < -0.3 is 14.9 Å². The molecule has 0 aromatic heterocycles.